The summed E-state index contributed by atoms with van der Waals surface area (Å²) in [5, 5.41) is -0.577. The van der Waals surface area contributed by atoms with Gasteiger partial charge < -0.3 is 0 Å². The lowest BCUT2D eigenvalue weighted by molar-refractivity contribution is 0.384. The van der Waals surface area contributed by atoms with E-state index in [9.17, 15) is 22.0 Å². The summed E-state index contributed by atoms with van der Waals surface area (Å²) < 4.78 is 67.2. The molecule has 2 aromatic carbocycles. The summed E-state index contributed by atoms with van der Waals surface area (Å²) in [7, 11) is -3.55. The van der Waals surface area contributed by atoms with Crippen LogP contribution in [0.25, 0.3) is 0 Å². The molecule has 0 heterocycles. The van der Waals surface area contributed by atoms with Gasteiger partial charge in [0.25, 0.3) is 0 Å². The van der Waals surface area contributed by atoms with Crippen molar-refractivity contribution < 1.29 is 22.0 Å². The summed E-state index contributed by atoms with van der Waals surface area (Å²) in [6.45, 7) is 1.31. The van der Waals surface area contributed by atoms with Crippen molar-refractivity contribution in [2.75, 3.05) is 0 Å². The smallest absolute Gasteiger partial charge is 0.204 e. The molecule has 2 aromatic rings. The van der Waals surface area contributed by atoms with E-state index in [2.05, 4.69) is 0 Å². The fourth-order valence-electron chi connectivity index (χ4n) is 1.91. The first-order valence-corrected chi connectivity index (χ1v) is 9.06. The van der Waals surface area contributed by atoms with Crippen LogP contribution in [0, 0.1) is 29.1 Å². The second-order valence-corrected chi connectivity index (χ2v) is 9.66. The molecule has 0 radical (unpaired) electrons. The average molecular weight is 323 g/mol. The van der Waals surface area contributed by atoms with Gasteiger partial charge in [-0.25, -0.2) is 22.0 Å². The average Bonchev–Trinajstić information content (AvgIpc) is 2.44. The molecule has 0 aliphatic heterocycles. The van der Waals surface area contributed by atoms with E-state index in [0.29, 0.717) is 5.19 Å². The molecule has 0 fully saturated rings. The van der Waals surface area contributed by atoms with Crippen LogP contribution >= 0.6 is 11.1 Å². The van der Waals surface area contributed by atoms with Crippen molar-refractivity contribution in [1.82, 2.24) is 0 Å². The van der Waals surface area contributed by atoms with Gasteiger partial charge in [0, 0.05) is 5.19 Å². The van der Waals surface area contributed by atoms with Crippen LogP contribution in [0.4, 0.5) is 22.0 Å². The van der Waals surface area contributed by atoms with Gasteiger partial charge in [-0.1, -0.05) is 30.3 Å². The Kier molecular flexibility index (Phi) is 3.88. The molecule has 0 aliphatic rings. The predicted molar refractivity (Wildman–Crippen MR) is 69.4 cm³/mol. The molecule has 0 spiro atoms. The van der Waals surface area contributed by atoms with Gasteiger partial charge in [-0.2, -0.15) is 11.1 Å². The minimum atomic E-state index is -3.55. The van der Waals surface area contributed by atoms with Gasteiger partial charge >= 0.3 is 0 Å². The molecule has 0 aliphatic carbocycles. The highest BCUT2D eigenvalue weighted by Gasteiger charge is 2.40. The standard InChI is InChI=1S/C13H8ClF5Si/c1-20(14,7-5-3-2-4-6-7)13-11(18)9(16)8(15)10(17)12(13)19/h2-6H,1H3. The summed E-state index contributed by atoms with van der Waals surface area (Å²) >= 11 is 6.20. The van der Waals surface area contributed by atoms with Crippen LogP contribution < -0.4 is 10.4 Å². The Morgan fingerprint density at radius 1 is 0.750 bits per heavy atom. The minimum Gasteiger partial charge on any atom is -0.204 e. The largest absolute Gasteiger partial charge is 0.220 e. The predicted octanol–water partition coefficient (Wildman–Crippen LogP) is 3.31. The molecule has 0 saturated carbocycles. The number of benzene rings is 2. The van der Waals surface area contributed by atoms with Gasteiger partial charge in [0.2, 0.25) is 13.2 Å². The summed E-state index contributed by atoms with van der Waals surface area (Å²) in [6.07, 6.45) is 0. The molecule has 7 heteroatoms. The van der Waals surface area contributed by atoms with Crippen LogP contribution in [0.5, 0.6) is 0 Å². The maximum absolute atomic E-state index is 13.8. The van der Waals surface area contributed by atoms with Crippen molar-refractivity contribution in [3.63, 3.8) is 0 Å². The Balaban J connectivity index is 2.76. The van der Waals surface area contributed by atoms with Gasteiger partial charge in [0.05, 0.1) is 0 Å². The van der Waals surface area contributed by atoms with Crippen molar-refractivity contribution in [2.24, 2.45) is 0 Å². The Morgan fingerprint density at radius 2 is 1.15 bits per heavy atom. The lowest BCUT2D eigenvalue weighted by Gasteiger charge is -2.22. The van der Waals surface area contributed by atoms with E-state index >= 15 is 0 Å². The molecule has 0 amide bonds. The third kappa shape index (κ3) is 2.23. The fraction of sp³-hybridized carbons (Fsp3) is 0.0769. The Hall–Kier alpha value is -1.40. The molecule has 20 heavy (non-hydrogen) atoms. The van der Waals surface area contributed by atoms with Crippen LogP contribution in [-0.4, -0.2) is 7.38 Å². The summed E-state index contributed by atoms with van der Waals surface area (Å²) in [4.78, 5) is 0. The van der Waals surface area contributed by atoms with Crippen LogP contribution in [0.15, 0.2) is 30.3 Å². The number of hydrogen-bond donors (Lipinski definition) is 0. The molecule has 0 saturated heterocycles. The van der Waals surface area contributed by atoms with E-state index in [-0.39, 0.29) is 0 Å². The maximum Gasteiger partial charge on any atom is 0.220 e. The van der Waals surface area contributed by atoms with E-state index in [1.54, 1.807) is 18.2 Å². The van der Waals surface area contributed by atoms with Gasteiger partial charge in [-0.3, -0.25) is 0 Å². The first-order valence-electron chi connectivity index (χ1n) is 5.54. The molecule has 0 bridgehead atoms. The van der Waals surface area contributed by atoms with E-state index in [4.69, 9.17) is 11.1 Å². The second-order valence-electron chi connectivity index (χ2n) is 4.31. The lowest BCUT2D eigenvalue weighted by atomic mass is 10.3. The quantitative estimate of drug-likeness (QED) is 0.262. The van der Waals surface area contributed by atoms with Crippen LogP contribution in [-0.2, 0) is 0 Å². The van der Waals surface area contributed by atoms with E-state index in [1.165, 1.54) is 18.7 Å². The van der Waals surface area contributed by atoms with Crippen molar-refractivity contribution in [3.05, 3.63) is 59.4 Å². The van der Waals surface area contributed by atoms with Gasteiger partial charge in [-0.05, 0) is 11.7 Å². The molecule has 0 nitrogen and oxygen atoms in total. The first kappa shape index (κ1) is 15.0. The molecule has 1 atom stereocenters. The molecule has 2 rings (SSSR count). The Labute approximate surface area is 117 Å². The third-order valence-electron chi connectivity index (χ3n) is 3.00. The normalized spacial score (nSPS) is 14.2. The number of halogens is 6. The zero-order chi connectivity index (χ0) is 15.1. The molecule has 106 valence electrons. The summed E-state index contributed by atoms with van der Waals surface area (Å²) in [6, 6.07) is 7.81. The third-order valence-corrected chi connectivity index (χ3v) is 7.01. The topological polar surface area (TPSA) is 0 Å². The highest BCUT2D eigenvalue weighted by atomic mass is 35.6. The highest BCUT2D eigenvalue weighted by molar-refractivity contribution is 7.33. The van der Waals surface area contributed by atoms with Crippen LogP contribution in [0.2, 0.25) is 6.55 Å². The molecule has 1 unspecified atom stereocenters. The first-order chi connectivity index (χ1) is 9.28. The molecule has 0 aromatic heterocycles. The van der Waals surface area contributed by atoms with Crippen molar-refractivity contribution in [3.8, 4) is 0 Å². The summed E-state index contributed by atoms with van der Waals surface area (Å²) in [5.74, 6) is -9.87. The number of rotatable bonds is 2. The van der Waals surface area contributed by atoms with Crippen molar-refractivity contribution in [1.29, 1.82) is 0 Å². The SMILES string of the molecule is C[Si](Cl)(c1ccccc1)c1c(F)c(F)c(F)c(F)c1F. The monoisotopic (exact) mass is 322 g/mol. The zero-order valence-corrected chi connectivity index (χ0v) is 11.9. The molecular formula is C13H8ClF5Si. The van der Waals surface area contributed by atoms with Crippen LogP contribution in [0.3, 0.4) is 0 Å². The highest BCUT2D eigenvalue weighted by Crippen LogP contribution is 2.21. The van der Waals surface area contributed by atoms with Crippen molar-refractivity contribution in [2.45, 2.75) is 6.55 Å². The van der Waals surface area contributed by atoms with Gasteiger partial charge in [-0.15, -0.1) is 0 Å². The minimum absolute atomic E-state index is 0.352. The molecule has 0 N–H and O–H groups in total. The van der Waals surface area contributed by atoms with Gasteiger partial charge in [0.1, 0.15) is 0 Å². The van der Waals surface area contributed by atoms with Gasteiger partial charge in [0.15, 0.2) is 23.3 Å². The van der Waals surface area contributed by atoms with E-state index in [1.807, 2.05) is 0 Å². The molecular weight excluding hydrogens is 315 g/mol. The maximum atomic E-state index is 13.8. The van der Waals surface area contributed by atoms with Crippen LogP contribution in [0.1, 0.15) is 0 Å². The number of hydrogen-bond acceptors (Lipinski definition) is 0. The van der Waals surface area contributed by atoms with E-state index < -0.39 is 41.7 Å². The summed E-state index contributed by atoms with van der Waals surface area (Å²) in [5.41, 5.74) is 0. The fourth-order valence-corrected chi connectivity index (χ4v) is 4.94. The van der Waals surface area contributed by atoms with Crippen molar-refractivity contribution >= 4 is 28.8 Å². The second kappa shape index (κ2) is 5.18. The lowest BCUT2D eigenvalue weighted by Crippen LogP contribution is -2.54. The zero-order valence-electron chi connectivity index (χ0n) is 10.2. The Bertz CT molecular complexity index is 629. The Morgan fingerprint density at radius 3 is 1.60 bits per heavy atom. The van der Waals surface area contributed by atoms with E-state index in [0.717, 1.165) is 0 Å².